The maximum atomic E-state index is 12.5. The van der Waals surface area contributed by atoms with Crippen molar-refractivity contribution in [3.8, 4) is 0 Å². The van der Waals surface area contributed by atoms with E-state index >= 15 is 0 Å². The second kappa shape index (κ2) is 20.9. The molecule has 0 spiro atoms. The van der Waals surface area contributed by atoms with Crippen LogP contribution in [0.1, 0.15) is 129 Å². The number of primary amides is 1. The lowest BCUT2D eigenvalue weighted by Gasteiger charge is -2.37. The first-order valence-electron chi connectivity index (χ1n) is 14.2. The Morgan fingerprint density at radius 3 is 2.06 bits per heavy atom. The van der Waals surface area contributed by atoms with Gasteiger partial charge in [0.05, 0.1) is 12.3 Å². The molecule has 1 aliphatic rings. The van der Waals surface area contributed by atoms with Crippen LogP contribution in [-0.2, 0) is 23.9 Å². The van der Waals surface area contributed by atoms with Gasteiger partial charge in [0.25, 0.3) is 0 Å². The molecule has 0 radical (unpaired) electrons. The Labute approximate surface area is 218 Å². The molecule has 1 saturated heterocycles. The number of hydrogen-bond donors (Lipinski definition) is 1. The Bertz CT molecular complexity index is 586. The molecule has 1 fully saturated rings. The lowest BCUT2D eigenvalue weighted by atomic mass is 9.86. The van der Waals surface area contributed by atoms with E-state index in [9.17, 15) is 14.4 Å². The Kier molecular flexibility index (Phi) is 19.0. The molecule has 1 aliphatic heterocycles. The second-order valence-electron chi connectivity index (χ2n) is 9.97. The van der Waals surface area contributed by atoms with Gasteiger partial charge in [-0.15, -0.1) is 0 Å². The van der Waals surface area contributed by atoms with Crippen molar-refractivity contribution in [2.24, 2.45) is 11.7 Å². The van der Waals surface area contributed by atoms with E-state index < -0.39 is 0 Å². The highest BCUT2D eigenvalue weighted by Gasteiger charge is 2.43. The minimum absolute atomic E-state index is 0.0412. The van der Waals surface area contributed by atoms with Crippen LogP contribution in [0.25, 0.3) is 0 Å². The zero-order chi connectivity index (χ0) is 25.7. The summed E-state index contributed by atoms with van der Waals surface area (Å²) in [7, 11) is 0. The summed E-state index contributed by atoms with van der Waals surface area (Å²) in [6.07, 6.45) is 18.5. The van der Waals surface area contributed by atoms with Crippen LogP contribution in [0.15, 0.2) is 0 Å². The van der Waals surface area contributed by atoms with Gasteiger partial charge in [-0.05, 0) is 19.3 Å². The minimum Gasteiger partial charge on any atom is -0.462 e. The summed E-state index contributed by atoms with van der Waals surface area (Å²) < 4.78 is 11.3. The number of esters is 2. The maximum Gasteiger partial charge on any atom is 0.313 e. The summed E-state index contributed by atoms with van der Waals surface area (Å²) in [5.41, 5.74) is 5.16. The third-order valence-electron chi connectivity index (χ3n) is 6.75. The average molecular weight is 514 g/mol. The largest absolute Gasteiger partial charge is 0.462 e. The van der Waals surface area contributed by atoms with Gasteiger partial charge >= 0.3 is 11.9 Å². The topological polar surface area (TPSA) is 95.7 Å². The molecule has 0 bridgehead atoms. The van der Waals surface area contributed by atoms with Crippen molar-refractivity contribution in [1.29, 1.82) is 0 Å². The SMILES string of the molecule is CCCCCCCCCCC[C@@H](C[C@@H]1OC(=O)[C@H]1CCCCCC)OC(=O)CCSCCC(N)=O. The van der Waals surface area contributed by atoms with Crippen molar-refractivity contribution < 1.29 is 23.9 Å². The van der Waals surface area contributed by atoms with Crippen molar-refractivity contribution in [3.05, 3.63) is 0 Å². The molecule has 3 atom stereocenters. The molecule has 35 heavy (non-hydrogen) atoms. The molecule has 204 valence electrons. The normalized spacial score (nSPS) is 18.1. The van der Waals surface area contributed by atoms with E-state index in [1.807, 2.05) is 0 Å². The number of thioether (sulfide) groups is 1. The molecule has 6 nitrogen and oxygen atoms in total. The van der Waals surface area contributed by atoms with E-state index in [0.717, 1.165) is 38.5 Å². The van der Waals surface area contributed by atoms with Gasteiger partial charge in [-0.25, -0.2) is 0 Å². The molecule has 0 saturated carbocycles. The van der Waals surface area contributed by atoms with E-state index in [4.69, 9.17) is 15.2 Å². The number of cyclic esters (lactones) is 1. The van der Waals surface area contributed by atoms with E-state index in [1.54, 1.807) is 11.8 Å². The third-order valence-corrected chi connectivity index (χ3v) is 7.74. The van der Waals surface area contributed by atoms with Crippen LogP contribution in [0.4, 0.5) is 0 Å². The highest BCUT2D eigenvalue weighted by Crippen LogP contribution is 2.32. The van der Waals surface area contributed by atoms with Crippen LogP contribution in [0.5, 0.6) is 0 Å². The number of hydrogen-bond acceptors (Lipinski definition) is 6. The summed E-state index contributed by atoms with van der Waals surface area (Å²) in [4.78, 5) is 35.3. The lowest BCUT2D eigenvalue weighted by Crippen LogP contribution is -2.47. The first-order chi connectivity index (χ1) is 17.0. The van der Waals surface area contributed by atoms with Crippen LogP contribution in [0.3, 0.4) is 0 Å². The molecular weight excluding hydrogens is 462 g/mol. The van der Waals surface area contributed by atoms with E-state index in [-0.39, 0.29) is 36.0 Å². The molecular formula is C28H51NO5S. The van der Waals surface area contributed by atoms with Gasteiger partial charge in [0, 0.05) is 24.3 Å². The standard InChI is InChI=1S/C28H51NO5S/c1-3-5-7-9-10-11-12-13-14-16-23(33-27(31)19-21-35-20-18-26(29)30)22-25-24(28(32)34-25)17-15-8-6-4-2/h23-25H,3-22H2,1-2H3,(H2,29,30)/t23-,24-,25-/m0/s1. The van der Waals surface area contributed by atoms with Gasteiger partial charge in [-0.3, -0.25) is 14.4 Å². The smallest absolute Gasteiger partial charge is 0.313 e. The first-order valence-corrected chi connectivity index (χ1v) is 15.4. The van der Waals surface area contributed by atoms with Gasteiger partial charge in [-0.1, -0.05) is 90.9 Å². The Balaban J connectivity index is 2.40. The van der Waals surface area contributed by atoms with Crippen molar-refractivity contribution in [2.45, 2.75) is 142 Å². The molecule has 0 aliphatic carbocycles. The molecule has 0 unspecified atom stereocenters. The fourth-order valence-electron chi connectivity index (χ4n) is 4.55. The number of unbranched alkanes of at least 4 members (excludes halogenated alkanes) is 11. The fourth-order valence-corrected chi connectivity index (χ4v) is 5.41. The maximum absolute atomic E-state index is 12.5. The average Bonchev–Trinajstić information content (AvgIpc) is 2.82. The van der Waals surface area contributed by atoms with Crippen LogP contribution < -0.4 is 5.73 Å². The van der Waals surface area contributed by atoms with Crippen LogP contribution in [0.2, 0.25) is 0 Å². The third kappa shape index (κ3) is 16.2. The highest BCUT2D eigenvalue weighted by molar-refractivity contribution is 7.99. The summed E-state index contributed by atoms with van der Waals surface area (Å²) in [5.74, 6) is 0.589. The predicted octanol–water partition coefficient (Wildman–Crippen LogP) is 6.72. The number of rotatable bonds is 24. The number of carbonyl (C=O) groups excluding carboxylic acids is 3. The van der Waals surface area contributed by atoms with Gasteiger partial charge in [0.1, 0.15) is 12.2 Å². The zero-order valence-electron chi connectivity index (χ0n) is 22.4. The van der Waals surface area contributed by atoms with Crippen molar-refractivity contribution >= 4 is 29.6 Å². The van der Waals surface area contributed by atoms with E-state index in [2.05, 4.69) is 13.8 Å². The van der Waals surface area contributed by atoms with Crippen LogP contribution >= 0.6 is 11.8 Å². The molecule has 2 N–H and O–H groups in total. The van der Waals surface area contributed by atoms with Gasteiger partial charge in [-0.2, -0.15) is 11.8 Å². The van der Waals surface area contributed by atoms with Gasteiger partial charge < -0.3 is 15.2 Å². The van der Waals surface area contributed by atoms with E-state index in [1.165, 1.54) is 57.8 Å². The molecule has 0 aromatic heterocycles. The molecule has 0 aromatic rings. The summed E-state index contributed by atoms with van der Waals surface area (Å²) >= 11 is 1.54. The van der Waals surface area contributed by atoms with Crippen molar-refractivity contribution in [3.63, 3.8) is 0 Å². The fraction of sp³-hybridized carbons (Fsp3) is 0.893. The molecule has 1 heterocycles. The van der Waals surface area contributed by atoms with Crippen molar-refractivity contribution in [1.82, 2.24) is 0 Å². The minimum atomic E-state index is -0.319. The number of nitrogens with two attached hydrogens (primary N) is 1. The highest BCUT2D eigenvalue weighted by atomic mass is 32.2. The Morgan fingerprint density at radius 2 is 1.46 bits per heavy atom. The summed E-state index contributed by atoms with van der Waals surface area (Å²) in [6.45, 7) is 4.42. The van der Waals surface area contributed by atoms with Gasteiger partial charge in [0.15, 0.2) is 0 Å². The number of amides is 1. The monoisotopic (exact) mass is 513 g/mol. The van der Waals surface area contributed by atoms with E-state index in [0.29, 0.717) is 30.8 Å². The Morgan fingerprint density at radius 1 is 0.886 bits per heavy atom. The molecule has 7 heteroatoms. The van der Waals surface area contributed by atoms with Crippen molar-refractivity contribution in [2.75, 3.05) is 11.5 Å². The molecule has 1 rings (SSSR count). The first kappa shape index (κ1) is 31.8. The predicted molar refractivity (Wildman–Crippen MR) is 144 cm³/mol. The Hall–Kier alpha value is -1.24. The number of ether oxygens (including phenoxy) is 2. The quantitative estimate of drug-likeness (QED) is 0.114. The summed E-state index contributed by atoms with van der Waals surface area (Å²) in [5, 5.41) is 0. The van der Waals surface area contributed by atoms with Crippen LogP contribution in [-0.4, -0.2) is 41.6 Å². The lowest BCUT2D eigenvalue weighted by molar-refractivity contribution is -0.190. The second-order valence-corrected chi connectivity index (χ2v) is 11.2. The zero-order valence-corrected chi connectivity index (χ0v) is 23.2. The van der Waals surface area contributed by atoms with Gasteiger partial charge in [0.2, 0.25) is 5.91 Å². The van der Waals surface area contributed by atoms with Crippen LogP contribution in [0, 0.1) is 5.92 Å². The summed E-state index contributed by atoms with van der Waals surface area (Å²) in [6, 6.07) is 0. The molecule has 0 aromatic carbocycles. The molecule has 1 amide bonds. The number of carbonyl (C=O) groups is 3.